The van der Waals surface area contributed by atoms with Crippen LogP contribution in [0.25, 0.3) is 0 Å². The summed E-state index contributed by atoms with van der Waals surface area (Å²) in [5.74, 6) is 0. The first-order chi connectivity index (χ1) is 2.24. The minimum Gasteiger partial charge on any atom is -0.0576 e. The van der Waals surface area contributed by atoms with Crippen LogP contribution in [0.4, 0.5) is 14.1 Å². The Morgan fingerprint density at radius 3 is 0.714 bits per heavy atom. The van der Waals surface area contributed by atoms with Crippen molar-refractivity contribution in [2.75, 3.05) is 0 Å². The molecule has 7 heavy (non-hydrogen) atoms. The van der Waals surface area contributed by atoms with Crippen molar-refractivity contribution in [3.05, 3.63) is 0 Å². The molecule has 0 nitrogen and oxygen atoms in total. The van der Waals surface area contributed by atoms with Gasteiger partial charge in [0.2, 0.25) is 0 Å². The van der Waals surface area contributed by atoms with Gasteiger partial charge in [-0.1, -0.05) is 13.5 Å². The van der Waals surface area contributed by atoms with Crippen molar-refractivity contribution in [1.29, 1.82) is 0 Å². The second kappa shape index (κ2) is 1.97. The van der Waals surface area contributed by atoms with Gasteiger partial charge in [-0.2, -0.15) is 0 Å². The summed E-state index contributed by atoms with van der Waals surface area (Å²) in [5, 5.41) is 0. The maximum absolute atomic E-state index is 9.91. The quantitative estimate of drug-likeness (QED) is 0.341. The molecule has 0 radical (unpaired) electrons. The molecule has 0 saturated carbocycles. The van der Waals surface area contributed by atoms with E-state index in [0.29, 0.717) is 0 Å². The SMILES string of the molecule is [F][Sb]([F])([F])([F])[F].[SH3+]. The molecule has 7 heteroatoms. The second-order valence-electron chi connectivity index (χ2n) is 0.639. The predicted octanol–water partition coefficient (Wildman–Crippen LogP) is 0.915. The van der Waals surface area contributed by atoms with Crippen molar-refractivity contribution in [3.8, 4) is 0 Å². The van der Waals surface area contributed by atoms with Gasteiger partial charge >= 0.3 is 34.4 Å². The molecular weight excluding hydrogens is 249 g/mol. The van der Waals surface area contributed by atoms with E-state index in [1.807, 2.05) is 0 Å². The second-order valence-corrected chi connectivity index (χ2v) is 4.29. The molecule has 0 amide bonds. The maximum atomic E-state index is 9.91. The fraction of sp³-hybridized carbons (Fsp3) is 0. The summed E-state index contributed by atoms with van der Waals surface area (Å²) in [6, 6.07) is 0. The summed E-state index contributed by atoms with van der Waals surface area (Å²) < 4.78 is 49.6. The van der Waals surface area contributed by atoms with Crippen LogP contribution in [0.5, 0.6) is 0 Å². The average Bonchev–Trinajstić information content (AvgIpc) is 0.650. The Labute approximate surface area is 48.2 Å². The molecule has 0 bridgehead atoms. The van der Waals surface area contributed by atoms with Crippen LogP contribution >= 0.6 is 0 Å². The Bertz CT molecular complexity index is 41.3. The molecule has 0 spiro atoms. The Morgan fingerprint density at radius 2 is 0.714 bits per heavy atom. The van der Waals surface area contributed by atoms with Gasteiger partial charge in [0.25, 0.3) is 0 Å². The first-order valence-electron chi connectivity index (χ1n) is 0.845. The Kier molecular flexibility index (Phi) is 3.02. The summed E-state index contributed by atoms with van der Waals surface area (Å²) in [5.41, 5.74) is 0. The Balaban J connectivity index is 0. The van der Waals surface area contributed by atoms with Crippen molar-refractivity contribution >= 4 is 33.8 Å². The molecule has 0 unspecified atom stereocenters. The number of halogens is 5. The predicted molar refractivity (Wildman–Crippen MR) is 22.8 cm³/mol. The van der Waals surface area contributed by atoms with Gasteiger partial charge in [0, 0.05) is 0 Å². The van der Waals surface area contributed by atoms with E-state index >= 15 is 0 Å². The van der Waals surface area contributed by atoms with Gasteiger partial charge in [-0.25, -0.2) is 0 Å². The van der Waals surface area contributed by atoms with E-state index in [-0.39, 0.29) is 13.5 Å². The van der Waals surface area contributed by atoms with Gasteiger partial charge < -0.3 is 0 Å². The first-order valence-corrected chi connectivity index (χ1v) is 5.67. The monoisotopic (exact) mass is 251 g/mol. The average molecular weight is 252 g/mol. The molecule has 0 aliphatic heterocycles. The van der Waals surface area contributed by atoms with E-state index in [2.05, 4.69) is 0 Å². The molecule has 0 fully saturated rings. The van der Waals surface area contributed by atoms with Crippen LogP contribution in [0.15, 0.2) is 0 Å². The molecule has 0 aromatic rings. The molecule has 0 atom stereocenters. The standard InChI is InChI=1S/5FH.H2S.Sb/h5*1H;1H2;/q;;;;;;+5/p-4. The van der Waals surface area contributed by atoms with Gasteiger partial charge in [-0.05, 0) is 0 Å². The molecule has 0 rings (SSSR count). The van der Waals surface area contributed by atoms with Crippen molar-refractivity contribution in [3.63, 3.8) is 0 Å². The molecule has 48 valence electrons. The van der Waals surface area contributed by atoms with Crippen LogP contribution in [0, 0.1) is 0 Å². The molecule has 0 aromatic heterocycles. The molecule has 0 aromatic carbocycles. The van der Waals surface area contributed by atoms with Gasteiger partial charge in [0.1, 0.15) is 0 Å². The topological polar surface area (TPSA) is 0 Å². The summed E-state index contributed by atoms with van der Waals surface area (Å²) in [7, 11) is 0. The molecule has 0 heterocycles. The molecular formula is H3F5SSb+. The zero-order chi connectivity index (χ0) is 5.45. The summed E-state index contributed by atoms with van der Waals surface area (Å²) >= 11 is -9.19. The normalized spacial score (nSPS) is 16.4. The molecule has 0 N–H and O–H groups in total. The first kappa shape index (κ1) is 10.7. The Hall–Kier alpha value is 0.818. The van der Waals surface area contributed by atoms with E-state index in [4.69, 9.17) is 0 Å². The van der Waals surface area contributed by atoms with Crippen LogP contribution in [-0.2, 0) is 13.5 Å². The maximum Gasteiger partial charge on any atom is -0.0576 e. The van der Waals surface area contributed by atoms with Crippen LogP contribution in [0.3, 0.4) is 0 Å². The third kappa shape index (κ3) is 236. The number of hydrogen-bond acceptors (Lipinski definition) is 0. The zero-order valence-electron chi connectivity index (χ0n) is 2.91. The van der Waals surface area contributed by atoms with Crippen LogP contribution in [0.2, 0.25) is 0 Å². The molecule has 0 aliphatic carbocycles. The van der Waals surface area contributed by atoms with Crippen molar-refractivity contribution in [2.24, 2.45) is 0 Å². The van der Waals surface area contributed by atoms with E-state index in [9.17, 15) is 14.1 Å². The van der Waals surface area contributed by atoms with Crippen molar-refractivity contribution < 1.29 is 14.1 Å². The van der Waals surface area contributed by atoms with Crippen LogP contribution in [0.1, 0.15) is 0 Å². The smallest absolute Gasteiger partial charge is 0.0576 e. The third-order valence-corrected chi connectivity index (χ3v) is 0. The summed E-state index contributed by atoms with van der Waals surface area (Å²) in [6.45, 7) is 0. The van der Waals surface area contributed by atoms with Crippen LogP contribution in [-0.4, -0.2) is 20.3 Å². The number of rotatable bonds is 0. The zero-order valence-corrected chi connectivity index (χ0v) is 6.62. The van der Waals surface area contributed by atoms with Gasteiger partial charge in [0.05, 0.1) is 0 Å². The van der Waals surface area contributed by atoms with E-state index in [1.54, 1.807) is 0 Å². The summed E-state index contributed by atoms with van der Waals surface area (Å²) in [6.07, 6.45) is 0. The molecule has 0 aliphatic rings. The number of hydrogen-bond donors (Lipinski definition) is 0. The van der Waals surface area contributed by atoms with Gasteiger partial charge in [-0.3, -0.25) is 0 Å². The largest absolute Gasteiger partial charge is 0.0576 e. The van der Waals surface area contributed by atoms with E-state index in [0.717, 1.165) is 0 Å². The fourth-order valence-electron chi connectivity index (χ4n) is 0. The van der Waals surface area contributed by atoms with Crippen molar-refractivity contribution in [1.82, 2.24) is 0 Å². The van der Waals surface area contributed by atoms with Gasteiger partial charge in [0.15, 0.2) is 0 Å². The van der Waals surface area contributed by atoms with E-state index in [1.165, 1.54) is 0 Å². The fourth-order valence-corrected chi connectivity index (χ4v) is 0. The minimum atomic E-state index is -9.19. The van der Waals surface area contributed by atoms with E-state index < -0.39 is 20.3 Å². The molecule has 0 saturated heterocycles. The third-order valence-electron chi connectivity index (χ3n) is 0. The Morgan fingerprint density at radius 1 is 0.714 bits per heavy atom. The van der Waals surface area contributed by atoms with Crippen molar-refractivity contribution in [2.45, 2.75) is 0 Å². The van der Waals surface area contributed by atoms with Crippen LogP contribution < -0.4 is 0 Å². The summed E-state index contributed by atoms with van der Waals surface area (Å²) in [4.78, 5) is 0. The van der Waals surface area contributed by atoms with Gasteiger partial charge in [-0.15, -0.1) is 0 Å². The minimum absolute atomic E-state index is 0.